The van der Waals surface area contributed by atoms with Gasteiger partial charge < -0.3 is 10.1 Å². The number of rotatable bonds is 4. The highest BCUT2D eigenvalue weighted by molar-refractivity contribution is 5.93. The molecule has 7 nitrogen and oxygen atoms in total. The number of carbonyl (C=O) groups excluding carboxylic acids is 2. The van der Waals surface area contributed by atoms with Gasteiger partial charge in [0.1, 0.15) is 5.82 Å². The highest BCUT2D eigenvalue weighted by Gasteiger charge is 2.19. The molecule has 2 aromatic carbocycles. The van der Waals surface area contributed by atoms with Gasteiger partial charge in [0.2, 0.25) is 11.7 Å². The number of amides is 1. The molecule has 0 saturated heterocycles. The fourth-order valence-electron chi connectivity index (χ4n) is 1.77. The number of benzene rings is 2. The van der Waals surface area contributed by atoms with E-state index in [9.17, 15) is 24.1 Å². The highest BCUT2D eigenvalue weighted by Crippen LogP contribution is 2.28. The summed E-state index contributed by atoms with van der Waals surface area (Å²) in [6.45, 7) is 1.34. The van der Waals surface area contributed by atoms with Gasteiger partial charge in [-0.1, -0.05) is 0 Å². The van der Waals surface area contributed by atoms with Crippen molar-refractivity contribution in [1.82, 2.24) is 0 Å². The molecule has 0 radical (unpaired) electrons. The maximum Gasteiger partial charge on any atom is 0.343 e. The van der Waals surface area contributed by atoms with Crippen molar-refractivity contribution in [2.24, 2.45) is 0 Å². The molecule has 8 heteroatoms. The van der Waals surface area contributed by atoms with Gasteiger partial charge in [0.15, 0.2) is 0 Å². The van der Waals surface area contributed by atoms with Gasteiger partial charge in [0.05, 0.1) is 10.5 Å². The number of hydrogen-bond donors (Lipinski definition) is 1. The van der Waals surface area contributed by atoms with E-state index in [1.54, 1.807) is 0 Å². The van der Waals surface area contributed by atoms with Gasteiger partial charge in [0.25, 0.3) is 0 Å². The maximum atomic E-state index is 13.2. The smallest absolute Gasteiger partial charge is 0.343 e. The number of nitrogens with one attached hydrogen (secondary N) is 1. The average molecular weight is 318 g/mol. The van der Waals surface area contributed by atoms with Crippen molar-refractivity contribution in [2.45, 2.75) is 6.92 Å². The second kappa shape index (κ2) is 6.65. The lowest BCUT2D eigenvalue weighted by molar-refractivity contribution is -0.385. The Balaban J connectivity index is 2.20. The van der Waals surface area contributed by atoms with Gasteiger partial charge in [-0.15, -0.1) is 0 Å². The summed E-state index contributed by atoms with van der Waals surface area (Å²) in [4.78, 5) is 33.0. The standard InChI is InChI=1S/C15H11FN2O5/c1-9(19)17-12-5-2-10(3-6-12)15(20)23-14-8-11(16)4-7-13(14)18(21)22/h2-8H,1H3,(H,17,19). The normalized spacial score (nSPS) is 10.0. The molecule has 0 aliphatic heterocycles. The third-order valence-electron chi connectivity index (χ3n) is 2.76. The van der Waals surface area contributed by atoms with Crippen LogP contribution in [-0.2, 0) is 4.79 Å². The molecule has 0 atom stereocenters. The van der Waals surface area contributed by atoms with Gasteiger partial charge in [-0.05, 0) is 30.3 Å². The molecule has 0 heterocycles. The predicted octanol–water partition coefficient (Wildman–Crippen LogP) is 2.91. The first kappa shape index (κ1) is 16.1. The van der Waals surface area contributed by atoms with E-state index in [2.05, 4.69) is 5.32 Å². The minimum Gasteiger partial charge on any atom is -0.415 e. The van der Waals surface area contributed by atoms with Crippen molar-refractivity contribution in [2.75, 3.05) is 5.32 Å². The minimum atomic E-state index is -0.881. The highest BCUT2D eigenvalue weighted by atomic mass is 19.1. The zero-order valence-corrected chi connectivity index (χ0v) is 11.9. The molecule has 0 aliphatic rings. The van der Waals surface area contributed by atoms with Crippen molar-refractivity contribution < 1.29 is 23.6 Å². The van der Waals surface area contributed by atoms with Crippen LogP contribution >= 0.6 is 0 Å². The summed E-state index contributed by atoms with van der Waals surface area (Å²) in [5.41, 5.74) is 0.0538. The largest absolute Gasteiger partial charge is 0.415 e. The van der Waals surface area contributed by atoms with Crippen LogP contribution in [0.1, 0.15) is 17.3 Å². The quantitative estimate of drug-likeness (QED) is 0.404. The summed E-state index contributed by atoms with van der Waals surface area (Å²) >= 11 is 0. The first-order valence-corrected chi connectivity index (χ1v) is 6.40. The SMILES string of the molecule is CC(=O)Nc1ccc(C(=O)Oc2cc(F)ccc2[N+](=O)[O-])cc1. The van der Waals surface area contributed by atoms with Crippen molar-refractivity contribution in [1.29, 1.82) is 0 Å². The van der Waals surface area contributed by atoms with E-state index in [0.717, 1.165) is 18.2 Å². The number of ether oxygens (including phenoxy) is 1. The van der Waals surface area contributed by atoms with Gasteiger partial charge in [-0.25, -0.2) is 9.18 Å². The zero-order chi connectivity index (χ0) is 17.0. The summed E-state index contributed by atoms with van der Waals surface area (Å²) in [7, 11) is 0. The molecule has 0 fully saturated rings. The van der Waals surface area contributed by atoms with Crippen LogP contribution in [0, 0.1) is 15.9 Å². The Bertz CT molecular complexity index is 774. The van der Waals surface area contributed by atoms with E-state index in [4.69, 9.17) is 4.74 Å². The Morgan fingerprint density at radius 2 is 1.83 bits per heavy atom. The van der Waals surface area contributed by atoms with Gasteiger partial charge in [-0.2, -0.15) is 0 Å². The molecule has 1 N–H and O–H groups in total. The summed E-state index contributed by atoms with van der Waals surface area (Å²) in [6.07, 6.45) is 0. The maximum absolute atomic E-state index is 13.2. The number of hydrogen-bond acceptors (Lipinski definition) is 5. The molecule has 2 aromatic rings. The zero-order valence-electron chi connectivity index (χ0n) is 11.9. The first-order chi connectivity index (χ1) is 10.9. The van der Waals surface area contributed by atoms with E-state index in [0.29, 0.717) is 5.69 Å². The summed E-state index contributed by atoms with van der Waals surface area (Å²) in [6, 6.07) is 8.27. The summed E-state index contributed by atoms with van der Waals surface area (Å²) in [5, 5.41) is 13.4. The molecule has 0 bridgehead atoms. The van der Waals surface area contributed by atoms with Crippen LogP contribution in [-0.4, -0.2) is 16.8 Å². The molecule has 0 aromatic heterocycles. The number of anilines is 1. The monoisotopic (exact) mass is 318 g/mol. The van der Waals surface area contributed by atoms with Gasteiger partial charge in [0, 0.05) is 24.7 Å². The van der Waals surface area contributed by atoms with Crippen LogP contribution in [0.4, 0.5) is 15.8 Å². The molecule has 23 heavy (non-hydrogen) atoms. The van der Waals surface area contributed by atoms with Crippen molar-refractivity contribution in [3.8, 4) is 5.75 Å². The Morgan fingerprint density at radius 3 is 2.39 bits per heavy atom. The van der Waals surface area contributed by atoms with E-state index < -0.39 is 28.1 Å². The third kappa shape index (κ3) is 4.10. The van der Waals surface area contributed by atoms with Crippen LogP contribution < -0.4 is 10.1 Å². The number of halogens is 1. The Hall–Kier alpha value is -3.29. The molecule has 0 unspecified atom stereocenters. The lowest BCUT2D eigenvalue weighted by atomic mass is 10.2. The topological polar surface area (TPSA) is 98.5 Å². The molecule has 1 amide bonds. The summed E-state index contributed by atoms with van der Waals surface area (Å²) in [5.74, 6) is -2.39. The van der Waals surface area contributed by atoms with E-state index >= 15 is 0 Å². The molecular weight excluding hydrogens is 307 g/mol. The molecule has 118 valence electrons. The Kier molecular flexibility index (Phi) is 4.65. The summed E-state index contributed by atoms with van der Waals surface area (Å²) < 4.78 is 18.1. The van der Waals surface area contributed by atoms with Crippen LogP contribution in [0.2, 0.25) is 0 Å². The lowest BCUT2D eigenvalue weighted by Crippen LogP contribution is -2.11. The molecule has 0 spiro atoms. The van der Waals surface area contributed by atoms with E-state index in [1.807, 2.05) is 0 Å². The van der Waals surface area contributed by atoms with Crippen LogP contribution in [0.15, 0.2) is 42.5 Å². The van der Waals surface area contributed by atoms with Crippen LogP contribution in [0.25, 0.3) is 0 Å². The number of nitro benzene ring substituents is 1. The first-order valence-electron chi connectivity index (χ1n) is 6.40. The van der Waals surface area contributed by atoms with Gasteiger partial charge >= 0.3 is 11.7 Å². The molecular formula is C15H11FN2O5. The number of esters is 1. The Morgan fingerprint density at radius 1 is 1.17 bits per heavy atom. The van der Waals surface area contributed by atoms with Crippen LogP contribution in [0.5, 0.6) is 5.75 Å². The lowest BCUT2D eigenvalue weighted by Gasteiger charge is -2.06. The Labute approximate surface area is 129 Å². The fraction of sp³-hybridized carbons (Fsp3) is 0.0667. The van der Waals surface area contributed by atoms with Crippen molar-refractivity contribution in [3.63, 3.8) is 0 Å². The molecule has 0 aliphatic carbocycles. The number of carbonyl (C=O) groups is 2. The van der Waals surface area contributed by atoms with Crippen LogP contribution in [0.3, 0.4) is 0 Å². The second-order valence-corrected chi connectivity index (χ2v) is 4.52. The molecule has 0 saturated carbocycles. The van der Waals surface area contributed by atoms with E-state index in [1.165, 1.54) is 31.2 Å². The van der Waals surface area contributed by atoms with Crippen molar-refractivity contribution in [3.05, 3.63) is 64.0 Å². The number of nitrogens with zero attached hydrogens (tertiary/aromatic N) is 1. The third-order valence-corrected chi connectivity index (χ3v) is 2.76. The van der Waals surface area contributed by atoms with Gasteiger partial charge in [-0.3, -0.25) is 14.9 Å². The van der Waals surface area contributed by atoms with Crippen molar-refractivity contribution >= 4 is 23.3 Å². The van der Waals surface area contributed by atoms with E-state index in [-0.39, 0.29) is 11.5 Å². The number of nitro groups is 1. The minimum absolute atomic E-state index is 0.0951. The fourth-order valence-corrected chi connectivity index (χ4v) is 1.77. The molecule has 2 rings (SSSR count). The predicted molar refractivity (Wildman–Crippen MR) is 78.8 cm³/mol. The average Bonchev–Trinajstić information content (AvgIpc) is 2.47. The second-order valence-electron chi connectivity index (χ2n) is 4.52.